The molecular formula is C14H14F3NO5. The molecule has 0 fully saturated rings. The number of aliphatic carboxylic acids is 2. The lowest BCUT2D eigenvalue weighted by Gasteiger charge is -2.13. The summed E-state index contributed by atoms with van der Waals surface area (Å²) in [7, 11) is 0. The van der Waals surface area contributed by atoms with Crippen LogP contribution in [0.15, 0.2) is 24.3 Å². The van der Waals surface area contributed by atoms with Gasteiger partial charge in [-0.15, -0.1) is 0 Å². The summed E-state index contributed by atoms with van der Waals surface area (Å²) >= 11 is 0. The number of hydrogen-bond acceptors (Lipinski definition) is 3. The zero-order valence-electron chi connectivity index (χ0n) is 11.8. The molecule has 9 heteroatoms. The second-order valence-electron chi connectivity index (χ2n) is 4.76. The van der Waals surface area contributed by atoms with E-state index < -0.39 is 42.0 Å². The van der Waals surface area contributed by atoms with E-state index in [4.69, 9.17) is 10.2 Å². The topological polar surface area (TPSA) is 104 Å². The number of carboxylic acids is 2. The molecule has 1 rings (SSSR count). The molecule has 6 nitrogen and oxygen atoms in total. The fraction of sp³-hybridized carbons (Fsp3) is 0.357. The Balaban J connectivity index is 2.64. The number of benzene rings is 1. The first-order chi connectivity index (χ1) is 10.6. The lowest BCUT2D eigenvalue weighted by atomic mass is 10.1. The van der Waals surface area contributed by atoms with Crippen LogP contribution in [0.4, 0.5) is 13.2 Å². The smallest absolute Gasteiger partial charge is 0.416 e. The number of rotatable bonds is 7. The third-order valence-corrected chi connectivity index (χ3v) is 2.93. The van der Waals surface area contributed by atoms with E-state index in [1.165, 1.54) is 0 Å². The Morgan fingerprint density at radius 1 is 1.09 bits per heavy atom. The van der Waals surface area contributed by atoms with Gasteiger partial charge in [-0.05, 0) is 24.1 Å². The van der Waals surface area contributed by atoms with Crippen LogP contribution >= 0.6 is 0 Å². The summed E-state index contributed by atoms with van der Waals surface area (Å²) in [6.07, 6.45) is -5.51. The first-order valence-electron chi connectivity index (χ1n) is 6.49. The van der Waals surface area contributed by atoms with E-state index in [2.05, 4.69) is 5.32 Å². The van der Waals surface area contributed by atoms with Crippen molar-refractivity contribution in [3.8, 4) is 0 Å². The first kappa shape index (κ1) is 18.5. The maximum absolute atomic E-state index is 12.4. The third kappa shape index (κ3) is 6.37. The maximum atomic E-state index is 12.4. The van der Waals surface area contributed by atoms with Crippen LogP contribution in [0.3, 0.4) is 0 Å². The molecule has 0 saturated carbocycles. The average Bonchev–Trinajstić information content (AvgIpc) is 2.42. The quantitative estimate of drug-likeness (QED) is 0.704. The molecule has 0 aromatic heterocycles. The molecule has 3 N–H and O–H groups in total. The molecule has 0 unspecified atom stereocenters. The van der Waals surface area contributed by atoms with E-state index in [-0.39, 0.29) is 18.4 Å². The molecule has 0 spiro atoms. The number of hydrogen-bond donors (Lipinski definition) is 3. The minimum atomic E-state index is -4.48. The van der Waals surface area contributed by atoms with Crippen molar-refractivity contribution in [2.24, 2.45) is 0 Å². The van der Waals surface area contributed by atoms with E-state index in [9.17, 15) is 27.6 Å². The molecule has 0 bridgehead atoms. The standard InChI is InChI=1S/C14H14F3NO5/c15-14(16,17)9-3-1-8(2-4-9)7-11(19)18-10(13(22)23)5-6-12(20)21/h1-4,10H,5-7H2,(H,18,19)(H,20,21)(H,22,23)/t10-/m1/s1. The molecule has 1 aromatic carbocycles. The largest absolute Gasteiger partial charge is 0.481 e. The van der Waals surface area contributed by atoms with Crippen molar-refractivity contribution in [2.75, 3.05) is 0 Å². The molecule has 1 amide bonds. The molecule has 0 aliphatic heterocycles. The lowest BCUT2D eigenvalue weighted by Crippen LogP contribution is -2.41. The van der Waals surface area contributed by atoms with Crippen LogP contribution in [0.5, 0.6) is 0 Å². The van der Waals surface area contributed by atoms with Crippen LogP contribution in [-0.2, 0) is 27.0 Å². The fourth-order valence-corrected chi connectivity index (χ4v) is 1.77. The van der Waals surface area contributed by atoms with Crippen LogP contribution < -0.4 is 5.32 Å². The van der Waals surface area contributed by atoms with Gasteiger partial charge in [-0.25, -0.2) is 4.79 Å². The first-order valence-corrected chi connectivity index (χ1v) is 6.49. The number of carboxylic acid groups (broad SMARTS) is 2. The number of carbonyl (C=O) groups excluding carboxylic acids is 1. The Hall–Kier alpha value is -2.58. The van der Waals surface area contributed by atoms with Gasteiger partial charge in [0, 0.05) is 6.42 Å². The van der Waals surface area contributed by atoms with E-state index in [0.717, 1.165) is 24.3 Å². The highest BCUT2D eigenvalue weighted by atomic mass is 19.4. The summed E-state index contributed by atoms with van der Waals surface area (Å²) in [5.41, 5.74) is -0.579. The molecule has 1 atom stereocenters. The second kappa shape index (κ2) is 7.61. The Kier molecular flexibility index (Phi) is 6.11. The van der Waals surface area contributed by atoms with Crippen molar-refractivity contribution in [3.05, 3.63) is 35.4 Å². The van der Waals surface area contributed by atoms with Crippen molar-refractivity contribution in [2.45, 2.75) is 31.5 Å². The fourth-order valence-electron chi connectivity index (χ4n) is 1.77. The van der Waals surface area contributed by atoms with Crippen LogP contribution in [0.1, 0.15) is 24.0 Å². The molecule has 0 aliphatic rings. The van der Waals surface area contributed by atoms with Crippen molar-refractivity contribution in [3.63, 3.8) is 0 Å². The minimum absolute atomic E-state index is 0.276. The molecule has 0 saturated heterocycles. The van der Waals surface area contributed by atoms with Crippen LogP contribution in [-0.4, -0.2) is 34.1 Å². The van der Waals surface area contributed by atoms with Crippen molar-refractivity contribution < 1.29 is 37.8 Å². The highest BCUT2D eigenvalue weighted by Gasteiger charge is 2.30. The van der Waals surface area contributed by atoms with E-state index in [0.29, 0.717) is 0 Å². The summed E-state index contributed by atoms with van der Waals surface area (Å²) in [6, 6.07) is 2.52. The second-order valence-corrected chi connectivity index (χ2v) is 4.76. The highest BCUT2D eigenvalue weighted by molar-refractivity contribution is 5.85. The molecular weight excluding hydrogens is 319 g/mol. The Bertz CT molecular complexity index is 583. The van der Waals surface area contributed by atoms with Crippen LogP contribution in [0, 0.1) is 0 Å². The predicted octanol–water partition coefficient (Wildman–Crippen LogP) is 1.68. The number of amides is 1. The number of halogens is 3. The van der Waals surface area contributed by atoms with Gasteiger partial charge >= 0.3 is 18.1 Å². The normalized spacial score (nSPS) is 12.5. The van der Waals surface area contributed by atoms with Crippen molar-refractivity contribution >= 4 is 17.8 Å². The van der Waals surface area contributed by atoms with Gasteiger partial charge in [0.1, 0.15) is 6.04 Å². The highest BCUT2D eigenvalue weighted by Crippen LogP contribution is 2.29. The van der Waals surface area contributed by atoms with Gasteiger partial charge in [0.2, 0.25) is 5.91 Å². The molecule has 1 aromatic rings. The molecule has 0 aliphatic carbocycles. The monoisotopic (exact) mass is 333 g/mol. The Labute approximate surface area is 128 Å². The summed E-state index contributed by atoms with van der Waals surface area (Å²) < 4.78 is 37.2. The summed E-state index contributed by atoms with van der Waals surface area (Å²) in [6.45, 7) is 0. The molecule has 0 radical (unpaired) electrons. The molecule has 0 heterocycles. The van der Waals surface area contributed by atoms with Crippen molar-refractivity contribution in [1.82, 2.24) is 5.32 Å². The minimum Gasteiger partial charge on any atom is -0.481 e. The summed E-state index contributed by atoms with van der Waals surface area (Å²) in [5, 5.41) is 19.5. The third-order valence-electron chi connectivity index (χ3n) is 2.93. The number of carbonyl (C=O) groups is 3. The molecule has 23 heavy (non-hydrogen) atoms. The Morgan fingerprint density at radius 3 is 2.09 bits per heavy atom. The summed E-state index contributed by atoms with van der Waals surface area (Å²) in [5.74, 6) is -3.30. The number of nitrogens with one attached hydrogen (secondary N) is 1. The van der Waals surface area contributed by atoms with E-state index in [1.54, 1.807) is 0 Å². The predicted molar refractivity (Wildman–Crippen MR) is 71.6 cm³/mol. The van der Waals surface area contributed by atoms with Crippen LogP contribution in [0.25, 0.3) is 0 Å². The Morgan fingerprint density at radius 2 is 1.65 bits per heavy atom. The van der Waals surface area contributed by atoms with Gasteiger partial charge < -0.3 is 15.5 Å². The SMILES string of the molecule is O=C(O)CC[C@@H](NC(=O)Cc1ccc(C(F)(F)F)cc1)C(=O)O. The van der Waals surface area contributed by atoms with Gasteiger partial charge in [-0.1, -0.05) is 12.1 Å². The maximum Gasteiger partial charge on any atom is 0.416 e. The van der Waals surface area contributed by atoms with Crippen LogP contribution in [0.2, 0.25) is 0 Å². The van der Waals surface area contributed by atoms with Gasteiger partial charge in [-0.2, -0.15) is 13.2 Å². The lowest BCUT2D eigenvalue weighted by molar-refractivity contribution is -0.143. The average molecular weight is 333 g/mol. The zero-order valence-corrected chi connectivity index (χ0v) is 11.8. The van der Waals surface area contributed by atoms with Gasteiger partial charge in [0.15, 0.2) is 0 Å². The van der Waals surface area contributed by atoms with Crippen molar-refractivity contribution in [1.29, 1.82) is 0 Å². The zero-order chi connectivity index (χ0) is 17.6. The van der Waals surface area contributed by atoms with Gasteiger partial charge in [-0.3, -0.25) is 9.59 Å². The van der Waals surface area contributed by atoms with Gasteiger partial charge in [0.25, 0.3) is 0 Å². The van der Waals surface area contributed by atoms with E-state index in [1.807, 2.05) is 0 Å². The van der Waals surface area contributed by atoms with E-state index >= 15 is 0 Å². The van der Waals surface area contributed by atoms with Gasteiger partial charge in [0.05, 0.1) is 12.0 Å². The summed E-state index contributed by atoms with van der Waals surface area (Å²) in [4.78, 5) is 33.1. The molecule has 126 valence electrons. The number of alkyl halides is 3.